The number of hydrogen-bond acceptors (Lipinski definition) is 5. The molecule has 0 bridgehead atoms. The number of carbonyl (C=O) groups excluding carboxylic acids is 1. The van der Waals surface area contributed by atoms with Gasteiger partial charge in [0, 0.05) is 22.2 Å². The Morgan fingerprint density at radius 2 is 1.83 bits per heavy atom. The van der Waals surface area contributed by atoms with E-state index in [0.717, 1.165) is 11.1 Å². The molecule has 0 saturated carbocycles. The molecule has 5 nitrogen and oxygen atoms in total. The smallest absolute Gasteiger partial charge is 0.231 e. The van der Waals surface area contributed by atoms with Crippen molar-refractivity contribution in [2.75, 3.05) is 13.9 Å². The lowest BCUT2D eigenvalue weighted by Gasteiger charge is -2.11. The fraction of sp³-hybridized carbons (Fsp3) is 0.125. The van der Waals surface area contributed by atoms with Crippen LogP contribution in [-0.4, -0.2) is 19.7 Å². The molecular weight excluding hydrogens is 404 g/mol. The van der Waals surface area contributed by atoms with E-state index in [4.69, 9.17) is 30.5 Å². The second-order valence-electron chi connectivity index (χ2n) is 6.58. The number of fused-ring (bicyclic) bond motifs is 1. The normalized spacial score (nSPS) is 12.2. The van der Waals surface area contributed by atoms with Crippen LogP contribution >= 0.6 is 11.6 Å². The van der Waals surface area contributed by atoms with Crippen molar-refractivity contribution in [2.45, 2.75) is 6.61 Å². The summed E-state index contributed by atoms with van der Waals surface area (Å²) in [5, 5.41) is 0.595. The lowest BCUT2D eigenvalue weighted by atomic mass is 10.1. The van der Waals surface area contributed by atoms with E-state index >= 15 is 0 Å². The molecule has 4 rings (SSSR count). The molecule has 0 aliphatic carbocycles. The van der Waals surface area contributed by atoms with Crippen molar-refractivity contribution in [1.82, 2.24) is 0 Å². The number of carbonyl (C=O) groups is 1. The van der Waals surface area contributed by atoms with E-state index in [0.29, 0.717) is 40.2 Å². The van der Waals surface area contributed by atoms with Crippen molar-refractivity contribution >= 4 is 23.5 Å². The maximum Gasteiger partial charge on any atom is 0.231 e. The lowest BCUT2D eigenvalue weighted by Crippen LogP contribution is -1.99. The van der Waals surface area contributed by atoms with E-state index in [-0.39, 0.29) is 12.6 Å². The number of ether oxygens (including phenoxy) is 4. The number of benzene rings is 3. The fourth-order valence-corrected chi connectivity index (χ4v) is 3.15. The van der Waals surface area contributed by atoms with E-state index in [1.807, 2.05) is 30.3 Å². The summed E-state index contributed by atoms with van der Waals surface area (Å²) in [5.74, 6) is 2.65. The minimum atomic E-state index is -0.0966. The molecule has 3 aromatic carbocycles. The molecule has 0 unspecified atom stereocenters. The monoisotopic (exact) mass is 422 g/mol. The van der Waals surface area contributed by atoms with Crippen molar-refractivity contribution < 1.29 is 23.7 Å². The molecule has 1 aliphatic rings. The highest BCUT2D eigenvalue weighted by Crippen LogP contribution is 2.35. The summed E-state index contributed by atoms with van der Waals surface area (Å²) in [7, 11) is 1.61. The first kappa shape index (κ1) is 19.9. The van der Waals surface area contributed by atoms with Crippen LogP contribution in [0, 0.1) is 0 Å². The molecule has 1 aliphatic heterocycles. The SMILES string of the molecule is COc1ccc(/C=C/C(=O)c2ccc(Cl)cc2)cc1COc1ccc2c(c1)OCO2. The van der Waals surface area contributed by atoms with E-state index in [2.05, 4.69) is 0 Å². The van der Waals surface area contributed by atoms with Gasteiger partial charge < -0.3 is 18.9 Å². The molecule has 0 saturated heterocycles. The zero-order valence-electron chi connectivity index (χ0n) is 16.3. The van der Waals surface area contributed by atoms with Gasteiger partial charge in [-0.1, -0.05) is 23.7 Å². The van der Waals surface area contributed by atoms with Crippen LogP contribution in [0.5, 0.6) is 23.0 Å². The van der Waals surface area contributed by atoms with Crippen LogP contribution in [0.15, 0.2) is 66.7 Å². The van der Waals surface area contributed by atoms with E-state index in [1.165, 1.54) is 6.08 Å². The van der Waals surface area contributed by atoms with E-state index < -0.39 is 0 Å². The molecule has 6 heteroatoms. The van der Waals surface area contributed by atoms with Crippen molar-refractivity contribution in [2.24, 2.45) is 0 Å². The molecule has 0 amide bonds. The number of ketones is 1. The van der Waals surface area contributed by atoms with Crippen LogP contribution in [0.2, 0.25) is 5.02 Å². The van der Waals surface area contributed by atoms with E-state index in [1.54, 1.807) is 43.5 Å². The van der Waals surface area contributed by atoms with E-state index in [9.17, 15) is 4.79 Å². The predicted octanol–water partition coefficient (Wildman–Crippen LogP) is 5.55. The first-order valence-electron chi connectivity index (χ1n) is 9.30. The number of allylic oxidation sites excluding steroid dienone is 1. The zero-order valence-corrected chi connectivity index (χ0v) is 17.0. The van der Waals surface area contributed by atoms with Gasteiger partial charge in [0.15, 0.2) is 17.3 Å². The summed E-state index contributed by atoms with van der Waals surface area (Å²) >= 11 is 5.87. The second-order valence-corrected chi connectivity index (χ2v) is 7.02. The zero-order chi connectivity index (χ0) is 20.9. The first-order valence-corrected chi connectivity index (χ1v) is 9.67. The molecule has 1 heterocycles. The summed E-state index contributed by atoms with van der Waals surface area (Å²) in [5.41, 5.74) is 2.30. The molecule has 30 heavy (non-hydrogen) atoms. The van der Waals surface area contributed by atoms with Gasteiger partial charge in [0.2, 0.25) is 6.79 Å². The van der Waals surface area contributed by atoms with Crippen molar-refractivity contribution in [1.29, 1.82) is 0 Å². The lowest BCUT2D eigenvalue weighted by molar-refractivity contribution is 0.104. The van der Waals surface area contributed by atoms with Gasteiger partial charge in [0.25, 0.3) is 0 Å². The number of hydrogen-bond donors (Lipinski definition) is 0. The Labute approximate surface area is 179 Å². The average Bonchev–Trinajstić information content (AvgIpc) is 3.24. The minimum Gasteiger partial charge on any atom is -0.496 e. The first-order chi connectivity index (χ1) is 14.6. The molecular formula is C24H19ClO5. The van der Waals surface area contributed by atoms with Crippen molar-refractivity contribution in [3.8, 4) is 23.0 Å². The van der Waals surface area contributed by atoms with Gasteiger partial charge in [-0.25, -0.2) is 0 Å². The van der Waals surface area contributed by atoms with Gasteiger partial charge in [-0.2, -0.15) is 0 Å². The van der Waals surface area contributed by atoms with Gasteiger partial charge in [-0.05, 0) is 60.2 Å². The summed E-state index contributed by atoms with van der Waals surface area (Å²) < 4.78 is 22.0. The summed E-state index contributed by atoms with van der Waals surface area (Å²) in [4.78, 5) is 12.3. The Balaban J connectivity index is 1.47. The molecule has 3 aromatic rings. The molecule has 152 valence electrons. The Bertz CT molecular complexity index is 1090. The predicted molar refractivity (Wildman–Crippen MR) is 115 cm³/mol. The van der Waals surface area contributed by atoms with Crippen molar-refractivity contribution in [3.05, 3.63) is 88.5 Å². The molecule has 0 atom stereocenters. The third kappa shape index (κ3) is 4.58. The Morgan fingerprint density at radius 1 is 1.03 bits per heavy atom. The molecule has 0 aromatic heterocycles. The van der Waals surface area contributed by atoms with Gasteiger partial charge >= 0.3 is 0 Å². The van der Waals surface area contributed by atoms with Gasteiger partial charge in [-0.15, -0.1) is 0 Å². The summed E-state index contributed by atoms with van der Waals surface area (Å²) in [6.07, 6.45) is 3.30. The highest BCUT2D eigenvalue weighted by atomic mass is 35.5. The third-order valence-corrected chi connectivity index (χ3v) is 4.85. The Kier molecular flexibility index (Phi) is 5.91. The third-order valence-electron chi connectivity index (χ3n) is 4.60. The largest absolute Gasteiger partial charge is 0.496 e. The van der Waals surface area contributed by atoms with Crippen LogP contribution in [0.4, 0.5) is 0 Å². The van der Waals surface area contributed by atoms with Gasteiger partial charge in [-0.3, -0.25) is 4.79 Å². The molecule has 0 spiro atoms. The quantitative estimate of drug-likeness (QED) is 0.369. The highest BCUT2D eigenvalue weighted by molar-refractivity contribution is 6.30. The molecule has 0 N–H and O–H groups in total. The van der Waals surface area contributed by atoms with Crippen LogP contribution in [0.3, 0.4) is 0 Å². The maximum absolute atomic E-state index is 12.3. The van der Waals surface area contributed by atoms with Crippen LogP contribution in [0.1, 0.15) is 21.5 Å². The second kappa shape index (κ2) is 8.93. The van der Waals surface area contributed by atoms with Crippen LogP contribution in [-0.2, 0) is 6.61 Å². The number of halogens is 1. The van der Waals surface area contributed by atoms with Crippen LogP contribution < -0.4 is 18.9 Å². The highest BCUT2D eigenvalue weighted by Gasteiger charge is 2.14. The number of rotatable bonds is 7. The molecule has 0 radical (unpaired) electrons. The topological polar surface area (TPSA) is 54.0 Å². The summed E-state index contributed by atoms with van der Waals surface area (Å²) in [6, 6.07) is 17.9. The van der Waals surface area contributed by atoms with Gasteiger partial charge in [0.05, 0.1) is 7.11 Å². The molecule has 0 fully saturated rings. The maximum atomic E-state index is 12.3. The Hall–Kier alpha value is -3.44. The van der Waals surface area contributed by atoms with Crippen molar-refractivity contribution in [3.63, 3.8) is 0 Å². The fourth-order valence-electron chi connectivity index (χ4n) is 3.03. The van der Waals surface area contributed by atoms with Gasteiger partial charge in [0.1, 0.15) is 18.1 Å². The Morgan fingerprint density at radius 3 is 2.63 bits per heavy atom. The standard InChI is InChI=1S/C24H19ClO5/c1-27-22-10-3-16(2-9-21(26)17-4-6-19(25)7-5-17)12-18(22)14-28-20-8-11-23-24(13-20)30-15-29-23/h2-13H,14-15H2,1H3/b9-2+. The van der Waals surface area contributed by atoms with Crippen LogP contribution in [0.25, 0.3) is 6.08 Å². The summed E-state index contributed by atoms with van der Waals surface area (Å²) in [6.45, 7) is 0.519. The average molecular weight is 423 g/mol. The number of methoxy groups -OCH3 is 1. The minimum absolute atomic E-state index is 0.0966.